The van der Waals surface area contributed by atoms with Gasteiger partial charge in [-0.2, -0.15) is 5.10 Å². The van der Waals surface area contributed by atoms with Gasteiger partial charge in [-0.3, -0.25) is 4.79 Å². The molecule has 3 aromatic carbocycles. The predicted molar refractivity (Wildman–Crippen MR) is 146 cm³/mol. The zero-order chi connectivity index (χ0) is 24.7. The molecule has 0 aromatic heterocycles. The molecule has 34 heavy (non-hydrogen) atoms. The molecule has 0 saturated heterocycles. The Morgan fingerprint density at radius 2 is 1.74 bits per heavy atom. The van der Waals surface area contributed by atoms with Gasteiger partial charge in [0.05, 0.1) is 16.4 Å². The van der Waals surface area contributed by atoms with Crippen molar-refractivity contribution in [2.45, 2.75) is 39.7 Å². The molecule has 3 aromatic rings. The molecule has 0 aliphatic rings. The first-order valence-corrected chi connectivity index (χ1v) is 12.4. The zero-order valence-electron chi connectivity index (χ0n) is 19.7. The maximum Gasteiger partial charge on any atom is 0.271 e. The third kappa shape index (κ3) is 7.21. The van der Waals surface area contributed by atoms with Crippen LogP contribution in [0.15, 0.2) is 65.8 Å². The Morgan fingerprint density at radius 1 is 1.06 bits per heavy atom. The molecule has 1 amide bonds. The van der Waals surface area contributed by atoms with E-state index in [4.69, 9.17) is 21.1 Å². The van der Waals surface area contributed by atoms with E-state index >= 15 is 0 Å². The fraction of sp³-hybridized carbons (Fsp3) is 0.259. The molecule has 0 unspecified atom stereocenters. The van der Waals surface area contributed by atoms with Gasteiger partial charge < -0.3 is 9.47 Å². The molecule has 5 nitrogen and oxygen atoms in total. The Kier molecular flexibility index (Phi) is 8.97. The standard InChI is InChI=1S/C27H28ClIN2O3/c1-5-33-24-15-19(14-23(29)25(24)34-17-18-6-12-22(28)13-7-18)16-30-31-26(32)20-8-10-21(11-9-20)27(2,3)4/h6-16H,5,17H2,1-4H3,(H,31,32)/b30-16-. The molecule has 7 heteroatoms. The fourth-order valence-electron chi connectivity index (χ4n) is 3.15. The minimum Gasteiger partial charge on any atom is -0.490 e. The van der Waals surface area contributed by atoms with Crippen molar-refractivity contribution in [3.8, 4) is 11.5 Å². The van der Waals surface area contributed by atoms with E-state index in [1.54, 1.807) is 6.21 Å². The lowest BCUT2D eigenvalue weighted by Crippen LogP contribution is -2.18. The molecule has 0 atom stereocenters. The van der Waals surface area contributed by atoms with Crippen molar-refractivity contribution < 1.29 is 14.3 Å². The quantitative estimate of drug-likeness (QED) is 0.175. The number of nitrogens with zero attached hydrogens (tertiary/aromatic N) is 1. The second-order valence-electron chi connectivity index (χ2n) is 8.70. The summed E-state index contributed by atoms with van der Waals surface area (Å²) in [7, 11) is 0. The molecule has 0 radical (unpaired) electrons. The number of benzene rings is 3. The maximum absolute atomic E-state index is 12.4. The highest BCUT2D eigenvalue weighted by atomic mass is 127. The van der Waals surface area contributed by atoms with Crippen LogP contribution in [0.25, 0.3) is 0 Å². The van der Waals surface area contributed by atoms with Crippen LogP contribution in [0.1, 0.15) is 54.7 Å². The second kappa shape index (κ2) is 11.7. The van der Waals surface area contributed by atoms with Crippen molar-refractivity contribution >= 4 is 46.3 Å². The van der Waals surface area contributed by atoms with Gasteiger partial charge in [0.2, 0.25) is 0 Å². The number of nitrogens with one attached hydrogen (secondary N) is 1. The van der Waals surface area contributed by atoms with E-state index in [9.17, 15) is 4.79 Å². The van der Waals surface area contributed by atoms with Crippen molar-refractivity contribution in [3.63, 3.8) is 0 Å². The topological polar surface area (TPSA) is 59.9 Å². The van der Waals surface area contributed by atoms with Crippen molar-refractivity contribution in [3.05, 3.63) is 91.5 Å². The van der Waals surface area contributed by atoms with Gasteiger partial charge in [0.1, 0.15) is 6.61 Å². The van der Waals surface area contributed by atoms with Crippen LogP contribution in [0.4, 0.5) is 0 Å². The number of carbonyl (C=O) groups excluding carboxylic acids is 1. The molecule has 0 aliphatic carbocycles. The molecular formula is C27H28ClIN2O3. The van der Waals surface area contributed by atoms with Crippen molar-refractivity contribution in [2.75, 3.05) is 6.61 Å². The number of ether oxygens (including phenoxy) is 2. The number of halogens is 2. The Labute approximate surface area is 219 Å². The van der Waals surface area contributed by atoms with Crippen LogP contribution >= 0.6 is 34.2 Å². The number of hydrazone groups is 1. The van der Waals surface area contributed by atoms with Crippen LogP contribution in [0.2, 0.25) is 5.02 Å². The summed E-state index contributed by atoms with van der Waals surface area (Å²) in [5, 5.41) is 4.81. The molecular weight excluding hydrogens is 563 g/mol. The Hall–Kier alpha value is -2.58. The van der Waals surface area contributed by atoms with E-state index in [0.717, 1.165) is 14.7 Å². The Bertz CT molecular complexity index is 1150. The Balaban J connectivity index is 1.69. The highest BCUT2D eigenvalue weighted by Gasteiger charge is 2.15. The third-order valence-corrected chi connectivity index (χ3v) is 6.07. The van der Waals surface area contributed by atoms with Gasteiger partial charge in [-0.1, -0.05) is 56.6 Å². The number of carbonyl (C=O) groups is 1. The zero-order valence-corrected chi connectivity index (χ0v) is 22.6. The lowest BCUT2D eigenvalue weighted by Gasteiger charge is -2.18. The van der Waals surface area contributed by atoms with Gasteiger partial charge in [0.15, 0.2) is 11.5 Å². The van der Waals surface area contributed by atoms with Crippen LogP contribution in [-0.2, 0) is 12.0 Å². The number of amides is 1. The average Bonchev–Trinajstić information content (AvgIpc) is 2.79. The number of rotatable bonds is 8. The molecule has 1 N–H and O–H groups in total. The van der Waals surface area contributed by atoms with Crippen molar-refractivity contribution in [1.29, 1.82) is 0 Å². The third-order valence-electron chi connectivity index (χ3n) is 5.02. The van der Waals surface area contributed by atoms with Crippen LogP contribution in [0, 0.1) is 3.57 Å². The van der Waals surface area contributed by atoms with Crippen molar-refractivity contribution in [1.82, 2.24) is 5.43 Å². The fourth-order valence-corrected chi connectivity index (χ4v) is 4.06. The molecule has 0 fully saturated rings. The van der Waals surface area contributed by atoms with Crippen LogP contribution in [0.3, 0.4) is 0 Å². The molecule has 0 saturated carbocycles. The van der Waals surface area contributed by atoms with Gasteiger partial charge in [-0.05, 0) is 88.0 Å². The summed E-state index contributed by atoms with van der Waals surface area (Å²) >= 11 is 8.16. The predicted octanol–water partition coefficient (Wildman–Crippen LogP) is 6.98. The van der Waals surface area contributed by atoms with E-state index in [1.165, 1.54) is 5.56 Å². The maximum atomic E-state index is 12.4. The summed E-state index contributed by atoms with van der Waals surface area (Å²) in [6.45, 7) is 9.22. The molecule has 3 rings (SSSR count). The summed E-state index contributed by atoms with van der Waals surface area (Å²) in [4.78, 5) is 12.4. The lowest BCUT2D eigenvalue weighted by molar-refractivity contribution is 0.0955. The second-order valence-corrected chi connectivity index (χ2v) is 10.3. The lowest BCUT2D eigenvalue weighted by atomic mass is 9.87. The summed E-state index contributed by atoms with van der Waals surface area (Å²) < 4.78 is 12.7. The van der Waals surface area contributed by atoms with Gasteiger partial charge in [0.25, 0.3) is 5.91 Å². The summed E-state index contributed by atoms with van der Waals surface area (Å²) in [5.41, 5.74) is 6.14. The molecule has 178 valence electrons. The summed E-state index contributed by atoms with van der Waals surface area (Å²) in [5.74, 6) is 1.02. The first kappa shape index (κ1) is 26.0. The van der Waals surface area contributed by atoms with E-state index in [-0.39, 0.29) is 11.3 Å². The average molecular weight is 591 g/mol. The summed E-state index contributed by atoms with van der Waals surface area (Å²) in [6, 6.07) is 18.9. The Morgan fingerprint density at radius 3 is 2.35 bits per heavy atom. The van der Waals surface area contributed by atoms with Gasteiger partial charge in [0, 0.05) is 10.6 Å². The summed E-state index contributed by atoms with van der Waals surface area (Å²) in [6.07, 6.45) is 1.59. The smallest absolute Gasteiger partial charge is 0.271 e. The highest BCUT2D eigenvalue weighted by Crippen LogP contribution is 2.34. The minimum atomic E-state index is -0.264. The molecule has 0 aliphatic heterocycles. The van der Waals surface area contributed by atoms with Crippen LogP contribution < -0.4 is 14.9 Å². The number of hydrogen-bond donors (Lipinski definition) is 1. The normalized spacial score (nSPS) is 11.5. The first-order chi connectivity index (χ1) is 16.2. The highest BCUT2D eigenvalue weighted by molar-refractivity contribution is 14.1. The minimum absolute atomic E-state index is 0.0350. The SMILES string of the molecule is CCOc1cc(/C=N\NC(=O)c2ccc(C(C)(C)C)cc2)cc(I)c1OCc1ccc(Cl)cc1. The first-order valence-electron chi connectivity index (χ1n) is 10.9. The molecule has 0 spiro atoms. The van der Waals surface area contributed by atoms with Crippen molar-refractivity contribution in [2.24, 2.45) is 5.10 Å². The van der Waals surface area contributed by atoms with Gasteiger partial charge in [-0.25, -0.2) is 5.43 Å². The van der Waals surface area contributed by atoms with Crippen LogP contribution in [-0.4, -0.2) is 18.7 Å². The van der Waals surface area contributed by atoms with Gasteiger partial charge in [-0.15, -0.1) is 0 Å². The number of hydrogen-bond acceptors (Lipinski definition) is 4. The van der Waals surface area contributed by atoms with Crippen LogP contribution in [0.5, 0.6) is 11.5 Å². The molecule has 0 bridgehead atoms. The largest absolute Gasteiger partial charge is 0.490 e. The molecule has 0 heterocycles. The monoisotopic (exact) mass is 590 g/mol. The van der Waals surface area contributed by atoms with E-state index < -0.39 is 0 Å². The van der Waals surface area contributed by atoms with Gasteiger partial charge >= 0.3 is 0 Å². The van der Waals surface area contributed by atoms with E-state index in [0.29, 0.717) is 35.3 Å². The van der Waals surface area contributed by atoms with E-state index in [1.807, 2.05) is 67.6 Å². The van der Waals surface area contributed by atoms with E-state index in [2.05, 4.69) is 53.9 Å².